The summed E-state index contributed by atoms with van der Waals surface area (Å²) in [6.45, 7) is -0.142. The van der Waals surface area contributed by atoms with Gasteiger partial charge in [0.1, 0.15) is 0 Å². The molecule has 1 aromatic heterocycles. The Morgan fingerprint density at radius 2 is 2.27 bits per heavy atom. The molecule has 0 atom stereocenters. The normalized spacial score (nSPS) is 10.5. The summed E-state index contributed by atoms with van der Waals surface area (Å²) in [6.07, 6.45) is 3.03. The maximum Gasteiger partial charge on any atom is 0.244 e. The lowest BCUT2D eigenvalue weighted by Gasteiger charge is -1.95. The van der Waals surface area contributed by atoms with E-state index in [0.717, 1.165) is 8.66 Å². The van der Waals surface area contributed by atoms with Crippen LogP contribution in [0, 0.1) is 0 Å². The molecule has 80 valence electrons. The number of carbonyl (C=O) groups excluding carboxylic acids is 2. The molecule has 0 bridgehead atoms. The number of nitrogens with one attached hydrogen (secondary N) is 1. The summed E-state index contributed by atoms with van der Waals surface area (Å²) in [5, 5.41) is 2.35. The monoisotopic (exact) mass is 288 g/mol. The molecule has 6 heteroatoms. The Morgan fingerprint density at radius 3 is 2.80 bits per heavy atom. The molecule has 0 aromatic carbocycles. The summed E-state index contributed by atoms with van der Waals surface area (Å²) in [4.78, 5) is 22.4. The lowest BCUT2D eigenvalue weighted by atomic mass is 10.4. The second-order valence-corrected chi connectivity index (χ2v) is 5.15. The summed E-state index contributed by atoms with van der Waals surface area (Å²) in [5.74, 6) is -0.894. The number of hydrogen-bond donors (Lipinski definition) is 2. The molecule has 0 spiro atoms. The number of carbonyl (C=O) groups is 2. The number of amides is 2. The first kappa shape index (κ1) is 11.9. The number of nitrogens with two attached hydrogens (primary N) is 1. The van der Waals surface area contributed by atoms with Gasteiger partial charge >= 0.3 is 0 Å². The van der Waals surface area contributed by atoms with E-state index >= 15 is 0 Å². The highest BCUT2D eigenvalue weighted by atomic mass is 79.9. The first-order valence-electron chi connectivity index (χ1n) is 4.07. The Balaban J connectivity index is 2.44. The van der Waals surface area contributed by atoms with E-state index in [2.05, 4.69) is 21.2 Å². The van der Waals surface area contributed by atoms with Crippen LogP contribution in [0.5, 0.6) is 0 Å². The van der Waals surface area contributed by atoms with Crippen molar-refractivity contribution in [1.82, 2.24) is 5.32 Å². The molecule has 1 heterocycles. The molecule has 15 heavy (non-hydrogen) atoms. The summed E-state index contributed by atoms with van der Waals surface area (Å²) in [6, 6.07) is 3.78. The van der Waals surface area contributed by atoms with Crippen LogP contribution in [0.2, 0.25) is 0 Å². The molecule has 4 nitrogen and oxygen atoms in total. The number of hydrogen-bond acceptors (Lipinski definition) is 3. The van der Waals surface area contributed by atoms with Crippen molar-refractivity contribution < 1.29 is 9.59 Å². The predicted molar refractivity (Wildman–Crippen MR) is 63.3 cm³/mol. The van der Waals surface area contributed by atoms with Gasteiger partial charge in [0.2, 0.25) is 11.8 Å². The van der Waals surface area contributed by atoms with Crippen molar-refractivity contribution >= 4 is 45.2 Å². The van der Waals surface area contributed by atoms with Crippen LogP contribution < -0.4 is 11.1 Å². The van der Waals surface area contributed by atoms with Crippen molar-refractivity contribution in [2.45, 2.75) is 0 Å². The van der Waals surface area contributed by atoms with Crippen LogP contribution in [0.4, 0.5) is 0 Å². The van der Waals surface area contributed by atoms with Crippen LogP contribution in [0.3, 0.4) is 0 Å². The second-order valence-electron chi connectivity index (χ2n) is 2.66. The van der Waals surface area contributed by atoms with Crippen molar-refractivity contribution in [3.05, 3.63) is 26.9 Å². The van der Waals surface area contributed by atoms with Crippen LogP contribution >= 0.6 is 27.3 Å². The number of thiophene rings is 1. The molecule has 1 aromatic rings. The van der Waals surface area contributed by atoms with Gasteiger partial charge in [-0.1, -0.05) is 0 Å². The summed E-state index contributed by atoms with van der Waals surface area (Å²) in [5.41, 5.74) is 4.87. The molecule has 0 aliphatic rings. The van der Waals surface area contributed by atoms with Crippen LogP contribution in [-0.4, -0.2) is 18.4 Å². The van der Waals surface area contributed by atoms with Gasteiger partial charge in [0.25, 0.3) is 0 Å². The highest BCUT2D eigenvalue weighted by Crippen LogP contribution is 2.22. The Hall–Kier alpha value is -1.14. The number of halogens is 1. The molecular formula is C9H9BrN2O2S. The van der Waals surface area contributed by atoms with Gasteiger partial charge in [-0.15, -0.1) is 11.3 Å². The highest BCUT2D eigenvalue weighted by molar-refractivity contribution is 9.11. The van der Waals surface area contributed by atoms with E-state index in [0.29, 0.717) is 0 Å². The molecule has 0 fully saturated rings. The highest BCUT2D eigenvalue weighted by Gasteiger charge is 1.98. The topological polar surface area (TPSA) is 72.2 Å². The summed E-state index contributed by atoms with van der Waals surface area (Å²) >= 11 is 4.82. The fourth-order valence-electron chi connectivity index (χ4n) is 0.809. The van der Waals surface area contributed by atoms with Crippen molar-refractivity contribution in [1.29, 1.82) is 0 Å². The molecule has 0 saturated carbocycles. The first-order chi connectivity index (χ1) is 7.08. The Bertz CT molecular complexity index is 401. The molecule has 0 radical (unpaired) electrons. The van der Waals surface area contributed by atoms with Crippen molar-refractivity contribution in [3.8, 4) is 0 Å². The third-order valence-electron chi connectivity index (χ3n) is 1.43. The quantitative estimate of drug-likeness (QED) is 0.815. The van der Waals surface area contributed by atoms with Gasteiger partial charge in [-0.25, -0.2) is 0 Å². The van der Waals surface area contributed by atoms with E-state index in [1.165, 1.54) is 17.4 Å². The molecule has 0 aliphatic carbocycles. The van der Waals surface area contributed by atoms with E-state index in [1.807, 2.05) is 12.1 Å². The zero-order chi connectivity index (χ0) is 11.3. The smallest absolute Gasteiger partial charge is 0.244 e. The van der Waals surface area contributed by atoms with E-state index in [4.69, 9.17) is 5.73 Å². The van der Waals surface area contributed by atoms with Gasteiger partial charge in [-0.2, -0.15) is 0 Å². The molecule has 2 amide bonds. The van der Waals surface area contributed by atoms with Crippen molar-refractivity contribution in [3.63, 3.8) is 0 Å². The standard InChI is InChI=1S/C9H9BrN2O2S/c10-7-3-1-6(15-7)2-4-9(14)12-5-8(11)13/h1-4H,5H2,(H2,11,13)(H,12,14). The van der Waals surface area contributed by atoms with Crippen molar-refractivity contribution in [2.24, 2.45) is 5.73 Å². The Labute approximate surface area is 99.3 Å². The van der Waals surface area contributed by atoms with E-state index in [-0.39, 0.29) is 12.5 Å². The lowest BCUT2D eigenvalue weighted by Crippen LogP contribution is -2.32. The van der Waals surface area contributed by atoms with Crippen molar-refractivity contribution in [2.75, 3.05) is 6.54 Å². The van der Waals surface area contributed by atoms with E-state index in [9.17, 15) is 9.59 Å². The van der Waals surface area contributed by atoms with Crippen LogP contribution in [-0.2, 0) is 9.59 Å². The number of rotatable bonds is 4. The average molecular weight is 289 g/mol. The molecule has 3 N–H and O–H groups in total. The average Bonchev–Trinajstić information content (AvgIpc) is 2.58. The maximum absolute atomic E-state index is 11.1. The minimum Gasteiger partial charge on any atom is -0.368 e. The van der Waals surface area contributed by atoms with Gasteiger partial charge in [-0.05, 0) is 34.1 Å². The van der Waals surface area contributed by atoms with Crippen LogP contribution in [0.1, 0.15) is 4.88 Å². The molecular weight excluding hydrogens is 280 g/mol. The van der Waals surface area contributed by atoms with Gasteiger partial charge < -0.3 is 11.1 Å². The van der Waals surface area contributed by atoms with Gasteiger partial charge in [0, 0.05) is 11.0 Å². The zero-order valence-electron chi connectivity index (χ0n) is 7.70. The minimum atomic E-state index is -0.560. The third-order valence-corrected chi connectivity index (χ3v) is 3.02. The maximum atomic E-state index is 11.1. The van der Waals surface area contributed by atoms with E-state index < -0.39 is 5.91 Å². The number of primary amides is 1. The van der Waals surface area contributed by atoms with Gasteiger partial charge in [-0.3, -0.25) is 9.59 Å². The fraction of sp³-hybridized carbons (Fsp3) is 0.111. The molecule has 0 aliphatic heterocycles. The predicted octanol–water partition coefficient (Wildman–Crippen LogP) is 1.13. The summed E-state index contributed by atoms with van der Waals surface area (Å²) < 4.78 is 1.000. The summed E-state index contributed by atoms with van der Waals surface area (Å²) in [7, 11) is 0. The van der Waals surface area contributed by atoms with Crippen LogP contribution in [0.15, 0.2) is 22.0 Å². The van der Waals surface area contributed by atoms with Gasteiger partial charge in [0.15, 0.2) is 0 Å². The Kier molecular flexibility index (Phi) is 4.51. The van der Waals surface area contributed by atoms with Crippen LogP contribution in [0.25, 0.3) is 6.08 Å². The SMILES string of the molecule is NC(=O)CNC(=O)C=Cc1ccc(Br)s1. The van der Waals surface area contributed by atoms with E-state index in [1.54, 1.807) is 6.08 Å². The van der Waals surface area contributed by atoms with Gasteiger partial charge in [0.05, 0.1) is 10.3 Å². The molecule has 0 saturated heterocycles. The minimum absolute atomic E-state index is 0.142. The third kappa shape index (κ3) is 4.75. The molecule has 0 unspecified atom stereocenters. The Morgan fingerprint density at radius 1 is 1.53 bits per heavy atom. The second kappa shape index (κ2) is 5.67. The lowest BCUT2D eigenvalue weighted by molar-refractivity contribution is -0.122. The fourth-order valence-corrected chi connectivity index (χ4v) is 2.14. The largest absolute Gasteiger partial charge is 0.368 e. The first-order valence-corrected chi connectivity index (χ1v) is 5.68. The zero-order valence-corrected chi connectivity index (χ0v) is 10.1. The molecule has 1 rings (SSSR count).